The molecule has 0 heterocycles. The van der Waals surface area contributed by atoms with Crippen LogP contribution in [0.3, 0.4) is 0 Å². The molecule has 0 aliphatic carbocycles. The number of nitrogens with zero attached hydrogens (tertiary/aromatic N) is 1. The van der Waals surface area contributed by atoms with Crippen molar-refractivity contribution in [1.29, 1.82) is 0 Å². The number of alkyl halides is 1. The molecule has 16 heavy (non-hydrogen) atoms. The molecule has 0 N–H and O–H groups in total. The summed E-state index contributed by atoms with van der Waals surface area (Å²) in [5.41, 5.74) is -0.139. The van der Waals surface area contributed by atoms with E-state index in [1.54, 1.807) is 13.8 Å². The van der Waals surface area contributed by atoms with Crippen molar-refractivity contribution >= 4 is 34.3 Å². The molecule has 3 nitrogen and oxygen atoms in total. The Kier molecular flexibility index (Phi) is 6.34. The summed E-state index contributed by atoms with van der Waals surface area (Å²) >= 11 is 11.6. The second-order valence-electron chi connectivity index (χ2n) is 4.91. The van der Waals surface area contributed by atoms with Crippen molar-refractivity contribution in [2.75, 3.05) is 5.88 Å². The fourth-order valence-corrected chi connectivity index (χ4v) is 1.61. The quantitative estimate of drug-likeness (QED) is 0.446. The predicted octanol–water partition coefficient (Wildman–Crippen LogP) is 3.23. The molecular formula is C11H19Cl2NO2. The highest BCUT2D eigenvalue weighted by Gasteiger charge is 2.25. The van der Waals surface area contributed by atoms with Gasteiger partial charge in [0.1, 0.15) is 0 Å². The molecule has 0 fully saturated rings. The van der Waals surface area contributed by atoms with Gasteiger partial charge in [0, 0.05) is 5.88 Å². The average Bonchev–Trinajstić information content (AvgIpc) is 2.10. The minimum atomic E-state index is -0.601. The zero-order chi connectivity index (χ0) is 12.9. The van der Waals surface area contributed by atoms with Crippen LogP contribution >= 0.6 is 23.2 Å². The van der Waals surface area contributed by atoms with E-state index in [1.165, 1.54) is 0 Å². The smallest absolute Gasteiger partial charge is 0.368 e. The normalized spacial score (nSPS) is 15.1. The van der Waals surface area contributed by atoms with E-state index in [9.17, 15) is 4.79 Å². The highest BCUT2D eigenvalue weighted by molar-refractivity contribution is 6.82. The summed E-state index contributed by atoms with van der Waals surface area (Å²) in [5.74, 6) is -0.287. The summed E-state index contributed by atoms with van der Waals surface area (Å²) in [6, 6.07) is -0.207. The molecule has 0 aromatic heterocycles. The first kappa shape index (κ1) is 15.7. The van der Waals surface area contributed by atoms with Gasteiger partial charge in [-0.2, -0.15) is 0 Å². The number of rotatable bonds is 4. The van der Waals surface area contributed by atoms with Gasteiger partial charge in [0.05, 0.1) is 12.1 Å². The lowest BCUT2D eigenvalue weighted by Gasteiger charge is -2.25. The number of carbonyl (C=O) groups excluding carboxylic acids is 1. The van der Waals surface area contributed by atoms with Gasteiger partial charge in [-0.25, -0.2) is 4.79 Å². The maximum absolute atomic E-state index is 11.4. The molecule has 0 aromatic carbocycles. The molecule has 5 heteroatoms. The average molecular weight is 268 g/mol. The van der Waals surface area contributed by atoms with Gasteiger partial charge in [-0.15, -0.1) is 11.6 Å². The molecule has 0 aliphatic rings. The van der Waals surface area contributed by atoms with Crippen molar-refractivity contribution < 1.29 is 9.53 Å². The highest BCUT2D eigenvalue weighted by atomic mass is 35.5. The molecule has 0 unspecified atom stereocenters. The van der Waals surface area contributed by atoms with Crippen molar-refractivity contribution in [3.8, 4) is 0 Å². The SMILES string of the molecule is CC(C)OC(=O)C(Cl)=N[C@H](CCl)C(C)(C)C. The standard InChI is InChI=1S/C11H19Cl2NO2/c1-7(2)16-10(15)9(13)14-8(6-12)11(3,4)5/h7-8H,6H2,1-5H3/t8-/m1/s1. The maximum atomic E-state index is 11.4. The Labute approximate surface area is 107 Å². The first-order chi connectivity index (χ1) is 7.18. The van der Waals surface area contributed by atoms with Crippen LogP contribution in [0.15, 0.2) is 4.99 Å². The lowest BCUT2D eigenvalue weighted by Crippen LogP contribution is -2.28. The zero-order valence-electron chi connectivity index (χ0n) is 10.4. The van der Waals surface area contributed by atoms with Crippen LogP contribution < -0.4 is 0 Å². The lowest BCUT2D eigenvalue weighted by atomic mass is 9.88. The fourth-order valence-electron chi connectivity index (χ4n) is 0.912. The van der Waals surface area contributed by atoms with Crippen LogP contribution in [-0.2, 0) is 9.53 Å². The van der Waals surface area contributed by atoms with Gasteiger partial charge < -0.3 is 4.74 Å². The van der Waals surface area contributed by atoms with E-state index >= 15 is 0 Å². The molecule has 94 valence electrons. The summed E-state index contributed by atoms with van der Waals surface area (Å²) in [5, 5.41) is -0.144. The lowest BCUT2D eigenvalue weighted by molar-refractivity contribution is -0.138. The van der Waals surface area contributed by atoms with E-state index in [4.69, 9.17) is 27.9 Å². The van der Waals surface area contributed by atoms with Gasteiger partial charge in [0.25, 0.3) is 0 Å². The summed E-state index contributed by atoms with van der Waals surface area (Å²) in [4.78, 5) is 15.5. The molecule has 0 aliphatic heterocycles. The van der Waals surface area contributed by atoms with Gasteiger partial charge in [-0.3, -0.25) is 4.99 Å². The number of carbonyl (C=O) groups is 1. The zero-order valence-corrected chi connectivity index (χ0v) is 11.9. The maximum Gasteiger partial charge on any atom is 0.368 e. The number of aliphatic imine (C=N–C) groups is 1. The minimum Gasteiger partial charge on any atom is -0.458 e. The summed E-state index contributed by atoms with van der Waals surface area (Å²) in [7, 11) is 0. The van der Waals surface area contributed by atoms with Crippen molar-refractivity contribution in [2.45, 2.75) is 46.8 Å². The minimum absolute atomic E-state index is 0.139. The Balaban J connectivity index is 4.68. The molecule has 0 bridgehead atoms. The number of ether oxygens (including phenoxy) is 1. The predicted molar refractivity (Wildman–Crippen MR) is 68.5 cm³/mol. The Bertz CT molecular complexity index is 270. The van der Waals surface area contributed by atoms with Crippen LogP contribution in [0.5, 0.6) is 0 Å². The van der Waals surface area contributed by atoms with Crippen molar-refractivity contribution in [1.82, 2.24) is 0 Å². The molecule has 0 amide bonds. The monoisotopic (exact) mass is 267 g/mol. The fraction of sp³-hybridized carbons (Fsp3) is 0.818. The first-order valence-corrected chi connectivity index (χ1v) is 6.10. The van der Waals surface area contributed by atoms with E-state index in [1.807, 2.05) is 20.8 Å². The van der Waals surface area contributed by atoms with Crippen molar-refractivity contribution in [2.24, 2.45) is 10.4 Å². The molecular weight excluding hydrogens is 249 g/mol. The van der Waals surface area contributed by atoms with Crippen LogP contribution in [0.2, 0.25) is 0 Å². The Morgan fingerprint density at radius 2 is 1.88 bits per heavy atom. The van der Waals surface area contributed by atoms with Gasteiger partial charge in [-0.05, 0) is 19.3 Å². The van der Waals surface area contributed by atoms with Crippen LogP contribution in [0.1, 0.15) is 34.6 Å². The third-order valence-corrected chi connectivity index (χ3v) is 2.47. The van der Waals surface area contributed by atoms with E-state index in [2.05, 4.69) is 4.99 Å². The Morgan fingerprint density at radius 1 is 1.38 bits per heavy atom. The number of esters is 1. The Morgan fingerprint density at radius 3 is 2.19 bits per heavy atom. The van der Waals surface area contributed by atoms with Crippen LogP contribution in [-0.4, -0.2) is 29.2 Å². The van der Waals surface area contributed by atoms with Gasteiger partial charge in [0.2, 0.25) is 5.17 Å². The Hall–Kier alpha value is -0.280. The van der Waals surface area contributed by atoms with Gasteiger partial charge in [-0.1, -0.05) is 32.4 Å². The van der Waals surface area contributed by atoms with E-state index in [-0.39, 0.29) is 22.7 Å². The molecule has 0 aromatic rings. The summed E-state index contributed by atoms with van der Waals surface area (Å²) < 4.78 is 4.93. The van der Waals surface area contributed by atoms with E-state index < -0.39 is 5.97 Å². The van der Waals surface area contributed by atoms with Crippen LogP contribution in [0.4, 0.5) is 0 Å². The molecule has 0 saturated carbocycles. The van der Waals surface area contributed by atoms with Crippen LogP contribution in [0.25, 0.3) is 0 Å². The summed E-state index contributed by atoms with van der Waals surface area (Å²) in [6.07, 6.45) is -0.208. The number of halogens is 2. The molecule has 0 spiro atoms. The van der Waals surface area contributed by atoms with Gasteiger partial charge >= 0.3 is 5.97 Å². The second kappa shape index (κ2) is 6.45. The van der Waals surface area contributed by atoms with Gasteiger partial charge in [0.15, 0.2) is 0 Å². The third kappa shape index (κ3) is 5.71. The highest BCUT2D eigenvalue weighted by Crippen LogP contribution is 2.24. The molecule has 0 saturated heterocycles. The van der Waals surface area contributed by atoms with Crippen molar-refractivity contribution in [3.63, 3.8) is 0 Å². The molecule has 0 radical (unpaired) electrons. The van der Waals surface area contributed by atoms with E-state index in [0.29, 0.717) is 5.88 Å². The van der Waals surface area contributed by atoms with E-state index in [0.717, 1.165) is 0 Å². The topological polar surface area (TPSA) is 38.7 Å². The second-order valence-corrected chi connectivity index (χ2v) is 5.58. The number of hydrogen-bond acceptors (Lipinski definition) is 3. The van der Waals surface area contributed by atoms with Crippen LogP contribution in [0, 0.1) is 5.41 Å². The summed E-state index contributed by atoms with van der Waals surface area (Å²) in [6.45, 7) is 9.47. The number of hydrogen-bond donors (Lipinski definition) is 0. The molecule has 0 rings (SSSR count). The van der Waals surface area contributed by atoms with Crippen molar-refractivity contribution in [3.05, 3.63) is 0 Å². The molecule has 1 atom stereocenters. The third-order valence-electron chi connectivity index (χ3n) is 1.93. The largest absolute Gasteiger partial charge is 0.458 e. The first-order valence-electron chi connectivity index (χ1n) is 5.18.